The molecule has 0 saturated carbocycles. The van der Waals surface area contributed by atoms with Gasteiger partial charge in [0, 0.05) is 12.2 Å². The van der Waals surface area contributed by atoms with Crippen LogP contribution >= 0.6 is 0 Å². The highest BCUT2D eigenvalue weighted by molar-refractivity contribution is 5.96. The normalized spacial score (nSPS) is 11.6. The molecule has 0 fully saturated rings. The van der Waals surface area contributed by atoms with Gasteiger partial charge in [0.2, 0.25) is 5.91 Å². The second kappa shape index (κ2) is 6.66. The van der Waals surface area contributed by atoms with E-state index in [1.165, 1.54) is 0 Å². The fourth-order valence-electron chi connectivity index (χ4n) is 1.51. The van der Waals surface area contributed by atoms with Crippen molar-refractivity contribution in [3.8, 4) is 6.07 Å². The van der Waals surface area contributed by atoms with Crippen LogP contribution in [-0.2, 0) is 4.79 Å². The predicted octanol–water partition coefficient (Wildman–Crippen LogP) is 1.67. The standard InChI is InChI=1S/C13H17N3O/c1-2-12(15)13(17)16(10-6-9-14)11-7-4-3-5-8-11/h3-5,7-8,12H,2,6,10,15H2,1H3. The van der Waals surface area contributed by atoms with Gasteiger partial charge in [0.15, 0.2) is 0 Å². The Hall–Kier alpha value is -1.86. The third kappa shape index (κ3) is 3.58. The Morgan fingerprint density at radius 3 is 2.65 bits per heavy atom. The molecule has 0 saturated heterocycles. The highest BCUT2D eigenvalue weighted by Crippen LogP contribution is 2.15. The number of amides is 1. The van der Waals surface area contributed by atoms with Gasteiger partial charge in [-0.25, -0.2) is 0 Å². The third-order valence-electron chi connectivity index (χ3n) is 2.54. The molecule has 2 N–H and O–H groups in total. The number of rotatable bonds is 5. The van der Waals surface area contributed by atoms with Gasteiger partial charge in [-0.05, 0) is 18.6 Å². The van der Waals surface area contributed by atoms with E-state index in [9.17, 15) is 4.79 Å². The van der Waals surface area contributed by atoms with E-state index in [1.54, 1.807) is 4.90 Å². The number of benzene rings is 1. The second-order valence-corrected chi connectivity index (χ2v) is 3.75. The van der Waals surface area contributed by atoms with Crippen LogP contribution in [0.15, 0.2) is 30.3 Å². The molecule has 17 heavy (non-hydrogen) atoms. The quantitative estimate of drug-likeness (QED) is 0.838. The van der Waals surface area contributed by atoms with E-state index in [-0.39, 0.29) is 5.91 Å². The minimum atomic E-state index is -0.506. The topological polar surface area (TPSA) is 70.1 Å². The van der Waals surface area contributed by atoms with E-state index in [0.29, 0.717) is 19.4 Å². The fraction of sp³-hybridized carbons (Fsp3) is 0.385. The lowest BCUT2D eigenvalue weighted by Gasteiger charge is -2.24. The number of carbonyl (C=O) groups is 1. The molecule has 4 heteroatoms. The summed E-state index contributed by atoms with van der Waals surface area (Å²) in [4.78, 5) is 13.7. The van der Waals surface area contributed by atoms with Crippen molar-refractivity contribution in [2.45, 2.75) is 25.8 Å². The van der Waals surface area contributed by atoms with E-state index in [4.69, 9.17) is 11.0 Å². The second-order valence-electron chi connectivity index (χ2n) is 3.75. The Bertz CT molecular complexity index is 397. The van der Waals surface area contributed by atoms with Crippen LogP contribution in [0.2, 0.25) is 0 Å². The first-order valence-electron chi connectivity index (χ1n) is 5.69. The molecule has 90 valence electrons. The largest absolute Gasteiger partial charge is 0.320 e. The summed E-state index contributed by atoms with van der Waals surface area (Å²) in [6.45, 7) is 2.25. The van der Waals surface area contributed by atoms with Gasteiger partial charge in [0.25, 0.3) is 0 Å². The SMILES string of the molecule is CCC(N)C(=O)N(CCC#N)c1ccccc1. The maximum atomic E-state index is 12.1. The number of carbonyl (C=O) groups excluding carboxylic acids is 1. The summed E-state index contributed by atoms with van der Waals surface area (Å²) < 4.78 is 0. The molecule has 0 aliphatic carbocycles. The van der Waals surface area contributed by atoms with Crippen LogP contribution in [0, 0.1) is 11.3 Å². The minimum Gasteiger partial charge on any atom is -0.320 e. The number of hydrogen-bond acceptors (Lipinski definition) is 3. The molecule has 1 aromatic carbocycles. The lowest BCUT2D eigenvalue weighted by atomic mass is 10.2. The van der Waals surface area contributed by atoms with E-state index in [1.807, 2.05) is 43.3 Å². The first-order valence-corrected chi connectivity index (χ1v) is 5.69. The smallest absolute Gasteiger partial charge is 0.243 e. The van der Waals surface area contributed by atoms with Gasteiger partial charge < -0.3 is 10.6 Å². The molecule has 0 radical (unpaired) electrons. The summed E-state index contributed by atoms with van der Waals surface area (Å²) in [7, 11) is 0. The molecular weight excluding hydrogens is 214 g/mol. The number of nitrogens with zero attached hydrogens (tertiary/aromatic N) is 2. The molecule has 4 nitrogen and oxygen atoms in total. The highest BCUT2D eigenvalue weighted by atomic mass is 16.2. The zero-order valence-electron chi connectivity index (χ0n) is 9.97. The number of nitrogens with two attached hydrogens (primary N) is 1. The molecule has 1 atom stereocenters. The number of anilines is 1. The van der Waals surface area contributed by atoms with Gasteiger partial charge in [0.1, 0.15) is 0 Å². The summed E-state index contributed by atoms with van der Waals surface area (Å²) in [5.74, 6) is -0.131. The average molecular weight is 231 g/mol. The number of hydrogen-bond donors (Lipinski definition) is 1. The molecule has 0 heterocycles. The maximum Gasteiger partial charge on any atom is 0.243 e. The summed E-state index contributed by atoms with van der Waals surface area (Å²) in [6, 6.07) is 10.8. The Morgan fingerprint density at radius 1 is 1.47 bits per heavy atom. The van der Waals surface area contributed by atoms with Gasteiger partial charge in [0.05, 0.1) is 18.5 Å². The molecule has 1 aromatic rings. The third-order valence-corrected chi connectivity index (χ3v) is 2.54. The summed E-state index contributed by atoms with van der Waals surface area (Å²) in [5.41, 5.74) is 6.54. The van der Waals surface area contributed by atoms with Crippen molar-refractivity contribution in [1.29, 1.82) is 5.26 Å². The number of nitriles is 1. The van der Waals surface area contributed by atoms with Gasteiger partial charge in [-0.1, -0.05) is 25.1 Å². The van der Waals surface area contributed by atoms with Crippen LogP contribution in [-0.4, -0.2) is 18.5 Å². The van der Waals surface area contributed by atoms with Crippen LogP contribution < -0.4 is 10.6 Å². The molecule has 0 aliphatic heterocycles. The average Bonchev–Trinajstić information content (AvgIpc) is 2.39. The van der Waals surface area contributed by atoms with Crippen molar-refractivity contribution >= 4 is 11.6 Å². The van der Waals surface area contributed by atoms with Crippen LogP contribution in [0.4, 0.5) is 5.69 Å². The van der Waals surface area contributed by atoms with E-state index in [0.717, 1.165) is 5.69 Å². The Morgan fingerprint density at radius 2 is 2.12 bits per heavy atom. The van der Waals surface area contributed by atoms with Crippen LogP contribution in [0.1, 0.15) is 19.8 Å². The van der Waals surface area contributed by atoms with E-state index in [2.05, 4.69) is 0 Å². The number of para-hydroxylation sites is 1. The van der Waals surface area contributed by atoms with Crippen molar-refractivity contribution in [3.05, 3.63) is 30.3 Å². The Balaban J connectivity index is 2.89. The Kier molecular flexibility index (Phi) is 5.18. The molecule has 0 aliphatic rings. The lowest BCUT2D eigenvalue weighted by Crippen LogP contribution is -2.44. The molecule has 1 unspecified atom stereocenters. The minimum absolute atomic E-state index is 0.131. The van der Waals surface area contributed by atoms with Gasteiger partial charge in [-0.3, -0.25) is 4.79 Å². The molecular formula is C13H17N3O. The zero-order valence-corrected chi connectivity index (χ0v) is 9.97. The molecule has 1 rings (SSSR count). The van der Waals surface area contributed by atoms with E-state index < -0.39 is 6.04 Å². The van der Waals surface area contributed by atoms with Gasteiger partial charge >= 0.3 is 0 Å². The monoisotopic (exact) mass is 231 g/mol. The zero-order chi connectivity index (χ0) is 12.7. The first-order chi connectivity index (χ1) is 8.20. The van der Waals surface area contributed by atoms with Crippen molar-refractivity contribution in [3.63, 3.8) is 0 Å². The van der Waals surface area contributed by atoms with Crippen molar-refractivity contribution in [2.24, 2.45) is 5.73 Å². The van der Waals surface area contributed by atoms with Crippen LogP contribution in [0.5, 0.6) is 0 Å². The summed E-state index contributed by atoms with van der Waals surface area (Å²) in [6.07, 6.45) is 0.895. The van der Waals surface area contributed by atoms with E-state index >= 15 is 0 Å². The van der Waals surface area contributed by atoms with Gasteiger partial charge in [-0.15, -0.1) is 0 Å². The first kappa shape index (κ1) is 13.2. The summed E-state index contributed by atoms with van der Waals surface area (Å²) >= 11 is 0. The van der Waals surface area contributed by atoms with Gasteiger partial charge in [-0.2, -0.15) is 5.26 Å². The molecule has 1 amide bonds. The van der Waals surface area contributed by atoms with Crippen molar-refractivity contribution < 1.29 is 4.79 Å². The predicted molar refractivity (Wildman–Crippen MR) is 67.3 cm³/mol. The van der Waals surface area contributed by atoms with Crippen LogP contribution in [0.3, 0.4) is 0 Å². The highest BCUT2D eigenvalue weighted by Gasteiger charge is 2.20. The van der Waals surface area contributed by atoms with Crippen molar-refractivity contribution in [1.82, 2.24) is 0 Å². The Labute approximate surface area is 102 Å². The molecule has 0 bridgehead atoms. The van der Waals surface area contributed by atoms with Crippen LogP contribution in [0.25, 0.3) is 0 Å². The fourth-order valence-corrected chi connectivity index (χ4v) is 1.51. The molecule has 0 spiro atoms. The maximum absolute atomic E-state index is 12.1. The summed E-state index contributed by atoms with van der Waals surface area (Å²) in [5, 5.41) is 8.62. The van der Waals surface area contributed by atoms with Crippen molar-refractivity contribution in [2.75, 3.05) is 11.4 Å². The lowest BCUT2D eigenvalue weighted by molar-refractivity contribution is -0.119. The molecule has 0 aromatic heterocycles.